The lowest BCUT2D eigenvalue weighted by atomic mass is 10.2. The average molecular weight is 192 g/mol. The van der Waals surface area contributed by atoms with Crippen molar-refractivity contribution in [3.8, 4) is 5.75 Å². The molecule has 0 spiro atoms. The Bertz CT molecular complexity index is 336. The van der Waals surface area contributed by atoms with Gasteiger partial charge in [0.2, 0.25) is 0 Å². The minimum Gasteiger partial charge on any atom is -0.469 e. The zero-order chi connectivity index (χ0) is 10.1. The second-order valence-electron chi connectivity index (χ2n) is 3.97. The molecule has 0 bridgehead atoms. The third kappa shape index (κ3) is 1.82. The van der Waals surface area contributed by atoms with E-state index in [0.29, 0.717) is 0 Å². The molecule has 0 radical (unpaired) electrons. The Hall–Kier alpha value is -1.22. The largest absolute Gasteiger partial charge is 0.469 e. The van der Waals surface area contributed by atoms with Crippen LogP contribution in [0.1, 0.15) is 12.5 Å². The molecule has 0 fully saturated rings. The second-order valence-corrected chi connectivity index (χ2v) is 3.97. The average Bonchev–Trinajstić information content (AvgIpc) is 2.42. The molecule has 0 aromatic heterocycles. The van der Waals surface area contributed by atoms with Gasteiger partial charge in [-0.15, -0.1) is 0 Å². The summed E-state index contributed by atoms with van der Waals surface area (Å²) >= 11 is 0. The smallest absolute Gasteiger partial charge is 0.167 e. The maximum absolute atomic E-state index is 5.54. The molecule has 1 N–H and O–H groups in total. The van der Waals surface area contributed by atoms with Gasteiger partial charge < -0.3 is 15.0 Å². The molecule has 0 saturated heterocycles. The number of hydrogen-bond acceptors (Lipinski definition) is 3. The van der Waals surface area contributed by atoms with Crippen LogP contribution in [-0.4, -0.2) is 25.2 Å². The minimum atomic E-state index is 0.0969. The van der Waals surface area contributed by atoms with E-state index >= 15 is 0 Å². The van der Waals surface area contributed by atoms with E-state index in [1.807, 2.05) is 13.0 Å². The van der Waals surface area contributed by atoms with Crippen molar-refractivity contribution in [3.63, 3.8) is 0 Å². The summed E-state index contributed by atoms with van der Waals surface area (Å²) in [4.78, 5) is 2.15. The summed E-state index contributed by atoms with van der Waals surface area (Å²) in [6.07, 6.45) is 0.0969. The van der Waals surface area contributed by atoms with E-state index < -0.39 is 0 Å². The molecule has 1 aliphatic heterocycles. The standard InChI is InChI=1S/C11H16N2O/c1-8-12-10-6-9(7-13(2)3)4-5-11(10)14-8/h4-6,8,12H,7H2,1-3H3. The van der Waals surface area contributed by atoms with Crippen molar-refractivity contribution in [2.24, 2.45) is 0 Å². The van der Waals surface area contributed by atoms with E-state index in [0.717, 1.165) is 18.0 Å². The molecule has 0 aliphatic carbocycles. The first-order valence-electron chi connectivity index (χ1n) is 4.86. The summed E-state index contributed by atoms with van der Waals surface area (Å²) in [5, 5.41) is 3.27. The van der Waals surface area contributed by atoms with Gasteiger partial charge in [-0.25, -0.2) is 0 Å². The van der Waals surface area contributed by atoms with E-state index in [-0.39, 0.29) is 6.23 Å². The van der Waals surface area contributed by atoms with Crippen LogP contribution >= 0.6 is 0 Å². The van der Waals surface area contributed by atoms with E-state index in [4.69, 9.17) is 4.74 Å². The van der Waals surface area contributed by atoms with Crippen LogP contribution in [0.2, 0.25) is 0 Å². The van der Waals surface area contributed by atoms with E-state index in [1.165, 1.54) is 5.56 Å². The molecule has 1 aliphatic rings. The highest BCUT2D eigenvalue weighted by Crippen LogP contribution is 2.32. The summed E-state index contributed by atoms with van der Waals surface area (Å²) in [5.41, 5.74) is 2.41. The van der Waals surface area contributed by atoms with Crippen molar-refractivity contribution >= 4 is 5.69 Å². The van der Waals surface area contributed by atoms with Crippen LogP contribution in [0.3, 0.4) is 0 Å². The fraction of sp³-hybridized carbons (Fsp3) is 0.455. The molecular weight excluding hydrogens is 176 g/mol. The monoisotopic (exact) mass is 192 g/mol. The Labute approximate surface area is 84.7 Å². The molecule has 0 amide bonds. The normalized spacial score (nSPS) is 19.0. The first-order chi connectivity index (χ1) is 6.65. The van der Waals surface area contributed by atoms with Crippen molar-refractivity contribution in [2.45, 2.75) is 19.7 Å². The van der Waals surface area contributed by atoms with Crippen molar-refractivity contribution in [3.05, 3.63) is 23.8 Å². The third-order valence-electron chi connectivity index (χ3n) is 2.21. The highest BCUT2D eigenvalue weighted by atomic mass is 16.5. The molecular formula is C11H16N2O. The summed E-state index contributed by atoms with van der Waals surface area (Å²) in [6.45, 7) is 2.97. The number of nitrogens with zero attached hydrogens (tertiary/aromatic N) is 1. The topological polar surface area (TPSA) is 24.5 Å². The first-order valence-corrected chi connectivity index (χ1v) is 4.86. The van der Waals surface area contributed by atoms with Gasteiger partial charge in [-0.2, -0.15) is 0 Å². The lowest BCUT2D eigenvalue weighted by molar-refractivity contribution is 0.275. The summed E-state index contributed by atoms with van der Waals surface area (Å²) < 4.78 is 5.54. The fourth-order valence-electron chi connectivity index (χ4n) is 1.70. The zero-order valence-electron chi connectivity index (χ0n) is 8.87. The van der Waals surface area contributed by atoms with Gasteiger partial charge in [0.15, 0.2) is 6.23 Å². The van der Waals surface area contributed by atoms with E-state index in [1.54, 1.807) is 0 Å². The third-order valence-corrected chi connectivity index (χ3v) is 2.21. The Morgan fingerprint density at radius 2 is 2.21 bits per heavy atom. The summed E-state index contributed by atoms with van der Waals surface area (Å²) in [6, 6.07) is 6.29. The highest BCUT2D eigenvalue weighted by Gasteiger charge is 2.17. The molecule has 76 valence electrons. The quantitative estimate of drug-likeness (QED) is 0.774. The van der Waals surface area contributed by atoms with Crippen molar-refractivity contribution in [2.75, 3.05) is 19.4 Å². The fourth-order valence-corrected chi connectivity index (χ4v) is 1.70. The van der Waals surface area contributed by atoms with Crippen molar-refractivity contribution < 1.29 is 4.74 Å². The van der Waals surface area contributed by atoms with Crippen LogP contribution in [0.5, 0.6) is 5.75 Å². The molecule has 1 aromatic carbocycles. The Morgan fingerprint density at radius 3 is 2.93 bits per heavy atom. The molecule has 1 unspecified atom stereocenters. The first kappa shape index (κ1) is 9.34. The number of ether oxygens (including phenoxy) is 1. The van der Waals surface area contributed by atoms with Gasteiger partial charge in [0.05, 0.1) is 5.69 Å². The molecule has 3 nitrogen and oxygen atoms in total. The van der Waals surface area contributed by atoms with Crippen LogP contribution in [0.4, 0.5) is 5.69 Å². The molecule has 1 heterocycles. The van der Waals surface area contributed by atoms with Crippen molar-refractivity contribution in [1.29, 1.82) is 0 Å². The lowest BCUT2D eigenvalue weighted by Gasteiger charge is -2.09. The molecule has 14 heavy (non-hydrogen) atoms. The van der Waals surface area contributed by atoms with Crippen LogP contribution < -0.4 is 10.1 Å². The Kier molecular flexibility index (Phi) is 2.33. The Balaban J connectivity index is 2.20. The predicted molar refractivity (Wildman–Crippen MR) is 57.5 cm³/mol. The van der Waals surface area contributed by atoms with Crippen LogP contribution in [0, 0.1) is 0 Å². The summed E-state index contributed by atoms with van der Waals surface area (Å²) in [7, 11) is 4.14. The van der Waals surface area contributed by atoms with Gasteiger partial charge in [0, 0.05) is 6.54 Å². The van der Waals surface area contributed by atoms with Gasteiger partial charge in [0.25, 0.3) is 0 Å². The maximum Gasteiger partial charge on any atom is 0.167 e. The number of hydrogen-bond donors (Lipinski definition) is 1. The number of fused-ring (bicyclic) bond motifs is 1. The van der Waals surface area contributed by atoms with Gasteiger partial charge in [-0.05, 0) is 38.7 Å². The number of rotatable bonds is 2. The van der Waals surface area contributed by atoms with E-state index in [2.05, 4.69) is 36.4 Å². The molecule has 1 atom stereocenters. The summed E-state index contributed by atoms with van der Waals surface area (Å²) in [5.74, 6) is 0.958. The van der Waals surface area contributed by atoms with Crippen LogP contribution in [0.25, 0.3) is 0 Å². The minimum absolute atomic E-state index is 0.0969. The van der Waals surface area contributed by atoms with Gasteiger partial charge >= 0.3 is 0 Å². The Morgan fingerprint density at radius 1 is 1.43 bits per heavy atom. The highest BCUT2D eigenvalue weighted by molar-refractivity contribution is 5.61. The zero-order valence-corrected chi connectivity index (χ0v) is 8.87. The van der Waals surface area contributed by atoms with Gasteiger partial charge in [0.1, 0.15) is 5.75 Å². The van der Waals surface area contributed by atoms with E-state index in [9.17, 15) is 0 Å². The molecule has 2 rings (SSSR count). The van der Waals surface area contributed by atoms with Crippen LogP contribution in [-0.2, 0) is 6.54 Å². The number of benzene rings is 1. The second kappa shape index (κ2) is 3.50. The predicted octanol–water partition coefficient (Wildman–Crippen LogP) is 1.90. The number of nitrogens with one attached hydrogen (secondary N) is 1. The lowest BCUT2D eigenvalue weighted by Crippen LogP contribution is -2.14. The SMILES string of the molecule is CC1Nc2cc(CN(C)C)ccc2O1. The number of anilines is 1. The van der Waals surface area contributed by atoms with Crippen molar-refractivity contribution in [1.82, 2.24) is 4.90 Å². The van der Waals surface area contributed by atoms with Gasteiger partial charge in [-0.1, -0.05) is 6.07 Å². The molecule has 0 saturated carbocycles. The van der Waals surface area contributed by atoms with Gasteiger partial charge in [-0.3, -0.25) is 0 Å². The maximum atomic E-state index is 5.54. The molecule has 1 aromatic rings. The van der Waals surface area contributed by atoms with Crippen LogP contribution in [0.15, 0.2) is 18.2 Å². The molecule has 3 heteroatoms.